The van der Waals surface area contributed by atoms with E-state index in [9.17, 15) is 19.8 Å². The lowest BCUT2D eigenvalue weighted by molar-refractivity contribution is -0.515. The van der Waals surface area contributed by atoms with E-state index in [4.69, 9.17) is 24.4 Å². The van der Waals surface area contributed by atoms with Gasteiger partial charge in [0.15, 0.2) is 19.3 Å². The van der Waals surface area contributed by atoms with Crippen LogP contribution in [0.1, 0.15) is 27.7 Å². The quantitative estimate of drug-likeness (QED) is 0.0847. The number of hydrazone groups is 1. The fourth-order valence-electron chi connectivity index (χ4n) is 1.68. The molecule has 0 aliphatic heterocycles. The number of aliphatic hydroxyl groups excluding tert-OH is 4. The van der Waals surface area contributed by atoms with Gasteiger partial charge in [0.05, 0.1) is 20.1 Å². The molecular formula is C15H27N2O10+. The van der Waals surface area contributed by atoms with Crippen LogP contribution in [0.2, 0.25) is 0 Å². The molecule has 0 amide bonds. The van der Waals surface area contributed by atoms with Gasteiger partial charge in [0.25, 0.3) is 5.90 Å². The highest BCUT2D eigenvalue weighted by molar-refractivity contribution is 5.73. The maximum absolute atomic E-state index is 10.9. The average Bonchev–Trinajstić information content (AvgIpc) is 2.56. The molecule has 4 atom stereocenters. The second kappa shape index (κ2) is 12.2. The maximum atomic E-state index is 10.9. The summed E-state index contributed by atoms with van der Waals surface area (Å²) in [6, 6.07) is 0. The molecule has 12 heteroatoms. The van der Waals surface area contributed by atoms with E-state index in [1.807, 2.05) is 0 Å². The van der Waals surface area contributed by atoms with Gasteiger partial charge in [-0.05, 0) is 0 Å². The Morgan fingerprint density at radius 2 is 1.26 bits per heavy atom. The Morgan fingerprint density at radius 1 is 0.852 bits per heavy atom. The highest BCUT2D eigenvalue weighted by atomic mass is 16.7. The zero-order chi connectivity index (χ0) is 21.1. The van der Waals surface area contributed by atoms with Gasteiger partial charge < -0.3 is 39.4 Å². The monoisotopic (exact) mass is 395 g/mol. The summed E-state index contributed by atoms with van der Waals surface area (Å²) in [7, 11) is 1.43. The Balaban J connectivity index is 4.99. The predicted molar refractivity (Wildman–Crippen MR) is 89.4 cm³/mol. The molecule has 4 unspecified atom stereocenters. The van der Waals surface area contributed by atoms with Gasteiger partial charge in [-0.2, -0.15) is 0 Å². The van der Waals surface area contributed by atoms with Gasteiger partial charge in [0.2, 0.25) is 12.6 Å². The first kappa shape index (κ1) is 24.7. The van der Waals surface area contributed by atoms with Gasteiger partial charge in [-0.15, -0.1) is 0 Å². The number of carbonyl (C=O) groups is 2. The Bertz CT molecular complexity index is 563. The van der Waals surface area contributed by atoms with Gasteiger partial charge in [-0.3, -0.25) is 9.59 Å². The van der Waals surface area contributed by atoms with Crippen LogP contribution in [-0.4, -0.2) is 93.9 Å². The van der Waals surface area contributed by atoms with E-state index in [1.54, 1.807) is 0 Å². The average molecular weight is 395 g/mol. The molecule has 0 spiro atoms. The zero-order valence-corrected chi connectivity index (χ0v) is 15.9. The summed E-state index contributed by atoms with van der Waals surface area (Å²) >= 11 is 0. The second-order valence-electron chi connectivity index (χ2n) is 5.34. The van der Waals surface area contributed by atoms with Gasteiger partial charge in [-0.1, -0.05) is 4.68 Å². The molecule has 0 aliphatic rings. The number of hydrogen-bond acceptors (Lipinski definition) is 11. The van der Waals surface area contributed by atoms with E-state index < -0.39 is 49.9 Å². The molecule has 4 N–H and O–H groups in total. The predicted octanol–water partition coefficient (Wildman–Crippen LogP) is -2.10. The summed E-state index contributed by atoms with van der Waals surface area (Å²) in [6.07, 6.45) is -5.89. The number of carbonyl (C=O) groups excluding carboxylic acids is 2. The summed E-state index contributed by atoms with van der Waals surface area (Å²) in [6.45, 7) is 3.70. The summed E-state index contributed by atoms with van der Waals surface area (Å²) in [4.78, 5) is 21.8. The fourth-order valence-corrected chi connectivity index (χ4v) is 1.68. The topological polar surface area (TPSA) is 167 Å². The Kier molecular flexibility index (Phi) is 11.1. The largest absolute Gasteiger partial charge is 0.453 e. The van der Waals surface area contributed by atoms with E-state index >= 15 is 0 Å². The van der Waals surface area contributed by atoms with E-state index in [0.29, 0.717) is 0 Å². The van der Waals surface area contributed by atoms with Crippen molar-refractivity contribution < 1.29 is 53.6 Å². The van der Waals surface area contributed by atoms with Gasteiger partial charge >= 0.3 is 17.8 Å². The highest BCUT2D eigenvalue weighted by Crippen LogP contribution is 2.05. The van der Waals surface area contributed by atoms with Crippen LogP contribution in [0, 0.1) is 0 Å². The summed E-state index contributed by atoms with van der Waals surface area (Å²) < 4.78 is 20.7. The molecule has 0 aromatic rings. The number of rotatable bonds is 9. The molecule has 0 aliphatic carbocycles. The Labute approximate surface area is 156 Å². The summed E-state index contributed by atoms with van der Waals surface area (Å²) in [5.41, 5.74) is 0. The third kappa shape index (κ3) is 9.84. The molecule has 0 bridgehead atoms. The lowest BCUT2D eigenvalue weighted by atomic mass is 10.3. The van der Waals surface area contributed by atoms with Crippen molar-refractivity contribution >= 4 is 23.7 Å². The van der Waals surface area contributed by atoms with Crippen LogP contribution in [0.3, 0.4) is 0 Å². The lowest BCUT2D eigenvalue weighted by Crippen LogP contribution is -2.38. The zero-order valence-electron chi connectivity index (χ0n) is 15.9. The number of aliphatic hydroxyl groups is 4. The maximum Gasteiger partial charge on any atom is 0.366 e. The Morgan fingerprint density at radius 3 is 1.63 bits per heavy atom. The standard InChI is InChI=1S/C15H27N2O10/c1-8(24-14(22)12(6-18)26-10(3)20)16-17(5)9(2)25-15(23)13(7-19)27-11(4)21/h12-15,18-19,22-23H,6-7H2,1-5H3/q+1. The summed E-state index contributed by atoms with van der Waals surface area (Å²) in [5.74, 6) is -1.44. The van der Waals surface area contributed by atoms with Crippen molar-refractivity contribution in [3.8, 4) is 0 Å². The number of esters is 2. The molecular weight excluding hydrogens is 368 g/mol. The minimum absolute atomic E-state index is 0.0456. The highest BCUT2D eigenvalue weighted by Gasteiger charge is 2.27. The first-order chi connectivity index (χ1) is 12.5. The Hall–Kier alpha value is -2.28. The SMILES string of the molecule is CC(=O)OC(CO)C(O)OC(C)=N[N+](C)=C(C)OC(O)C(CO)OC(C)=O. The molecule has 156 valence electrons. The van der Waals surface area contributed by atoms with E-state index in [1.165, 1.54) is 20.9 Å². The van der Waals surface area contributed by atoms with Gasteiger partial charge in [-0.25, -0.2) is 0 Å². The van der Waals surface area contributed by atoms with E-state index in [2.05, 4.69) is 9.84 Å². The van der Waals surface area contributed by atoms with Crippen molar-refractivity contribution in [3.63, 3.8) is 0 Å². The second-order valence-corrected chi connectivity index (χ2v) is 5.34. The smallest absolute Gasteiger partial charge is 0.366 e. The van der Waals surface area contributed by atoms with Crippen LogP contribution < -0.4 is 0 Å². The number of hydrogen-bond donors (Lipinski definition) is 4. The molecule has 0 saturated heterocycles. The van der Waals surface area contributed by atoms with Crippen molar-refractivity contribution in [2.24, 2.45) is 5.10 Å². The summed E-state index contributed by atoms with van der Waals surface area (Å²) in [5, 5.41) is 41.8. The van der Waals surface area contributed by atoms with Crippen LogP contribution in [0.25, 0.3) is 0 Å². The van der Waals surface area contributed by atoms with Crippen LogP contribution in [0.5, 0.6) is 0 Å². The van der Waals surface area contributed by atoms with Gasteiger partial charge in [0.1, 0.15) is 0 Å². The van der Waals surface area contributed by atoms with Gasteiger partial charge in [0, 0.05) is 25.9 Å². The minimum Gasteiger partial charge on any atom is -0.453 e. The molecule has 0 fully saturated rings. The first-order valence-corrected chi connectivity index (χ1v) is 7.89. The normalized spacial score (nSPS) is 17.1. The number of nitrogens with zero attached hydrogens (tertiary/aromatic N) is 2. The molecule has 0 rings (SSSR count). The molecule has 0 radical (unpaired) electrons. The fraction of sp³-hybridized carbons (Fsp3) is 0.733. The van der Waals surface area contributed by atoms with Crippen molar-refractivity contribution in [1.82, 2.24) is 0 Å². The third-order valence-electron chi connectivity index (χ3n) is 2.96. The van der Waals surface area contributed by atoms with Crippen molar-refractivity contribution in [3.05, 3.63) is 0 Å². The van der Waals surface area contributed by atoms with E-state index in [0.717, 1.165) is 18.5 Å². The van der Waals surface area contributed by atoms with Crippen LogP contribution in [-0.2, 0) is 28.5 Å². The molecule has 0 aromatic heterocycles. The van der Waals surface area contributed by atoms with Crippen LogP contribution >= 0.6 is 0 Å². The molecule has 0 saturated carbocycles. The lowest BCUT2D eigenvalue weighted by Gasteiger charge is -2.20. The number of ether oxygens (including phenoxy) is 4. The van der Waals surface area contributed by atoms with Crippen molar-refractivity contribution in [2.45, 2.75) is 52.5 Å². The van der Waals surface area contributed by atoms with Crippen molar-refractivity contribution in [2.75, 3.05) is 20.3 Å². The molecule has 12 nitrogen and oxygen atoms in total. The van der Waals surface area contributed by atoms with E-state index in [-0.39, 0.29) is 11.8 Å². The van der Waals surface area contributed by atoms with Crippen LogP contribution in [0.4, 0.5) is 0 Å². The molecule has 0 aromatic carbocycles. The van der Waals surface area contributed by atoms with Crippen LogP contribution in [0.15, 0.2) is 5.10 Å². The van der Waals surface area contributed by atoms with Crippen molar-refractivity contribution in [1.29, 1.82) is 0 Å². The molecule has 0 heterocycles. The molecule has 27 heavy (non-hydrogen) atoms. The first-order valence-electron chi connectivity index (χ1n) is 7.89. The third-order valence-corrected chi connectivity index (χ3v) is 2.96. The minimum atomic E-state index is -1.66.